The van der Waals surface area contributed by atoms with Crippen LogP contribution in [0, 0.1) is 0 Å². The fourth-order valence-corrected chi connectivity index (χ4v) is 2.64. The summed E-state index contributed by atoms with van der Waals surface area (Å²) in [4.78, 5) is 11.7. The maximum Gasteiger partial charge on any atom is 0.513 e. The van der Waals surface area contributed by atoms with Gasteiger partial charge < -0.3 is 18.9 Å². The van der Waals surface area contributed by atoms with E-state index in [1.54, 1.807) is 14.2 Å². The van der Waals surface area contributed by atoms with Crippen LogP contribution < -0.4 is 14.2 Å². The van der Waals surface area contributed by atoms with Crippen LogP contribution in [-0.2, 0) is 11.2 Å². The molecule has 0 aromatic heterocycles. The summed E-state index contributed by atoms with van der Waals surface area (Å²) in [6.45, 7) is 2.10. The molecule has 2 aromatic rings. The van der Waals surface area contributed by atoms with E-state index in [1.165, 1.54) is 7.11 Å². The molecule has 0 aliphatic heterocycles. The quantitative estimate of drug-likeness (QED) is 0.585. The van der Waals surface area contributed by atoms with Crippen molar-refractivity contribution in [3.63, 3.8) is 0 Å². The number of hydrogen-bond donors (Lipinski definition) is 0. The predicted molar refractivity (Wildman–Crippen MR) is 88.7 cm³/mol. The van der Waals surface area contributed by atoms with Crippen LogP contribution in [0.4, 0.5) is 4.79 Å². The molecule has 0 atom stereocenters. The first-order valence-corrected chi connectivity index (χ1v) is 7.59. The van der Waals surface area contributed by atoms with Gasteiger partial charge in [0.25, 0.3) is 0 Å². The van der Waals surface area contributed by atoms with E-state index in [0.29, 0.717) is 23.7 Å². The standard InChI is InChI=1S/C18H22O5/c1-5-6-9-14-15(23-18(19)22-4)12-10-7-8-11-13(12)16(20-2)17(14)21-3/h7-8,10-11H,5-6,9H2,1-4H3. The largest absolute Gasteiger partial charge is 0.513 e. The van der Waals surface area contributed by atoms with Crippen molar-refractivity contribution in [2.45, 2.75) is 26.2 Å². The number of benzene rings is 2. The SMILES string of the molecule is CCCCc1c(OC)c(OC)c2ccccc2c1OC(=O)OC. The molecule has 0 heterocycles. The third-order valence-electron chi connectivity index (χ3n) is 3.71. The summed E-state index contributed by atoms with van der Waals surface area (Å²) in [5, 5.41) is 1.62. The number of ether oxygens (including phenoxy) is 4. The van der Waals surface area contributed by atoms with Crippen LogP contribution in [0.1, 0.15) is 25.3 Å². The molecule has 2 aromatic carbocycles. The molecule has 0 fully saturated rings. The zero-order valence-corrected chi connectivity index (χ0v) is 14.0. The third kappa shape index (κ3) is 3.33. The van der Waals surface area contributed by atoms with Crippen molar-refractivity contribution in [3.8, 4) is 17.2 Å². The average Bonchev–Trinajstić information content (AvgIpc) is 2.59. The molecule has 0 saturated heterocycles. The Morgan fingerprint density at radius 2 is 1.57 bits per heavy atom. The summed E-state index contributed by atoms with van der Waals surface area (Å²) < 4.78 is 21.2. The zero-order chi connectivity index (χ0) is 16.8. The van der Waals surface area contributed by atoms with Crippen molar-refractivity contribution in [3.05, 3.63) is 29.8 Å². The lowest BCUT2D eigenvalue weighted by Gasteiger charge is -2.19. The van der Waals surface area contributed by atoms with Crippen LogP contribution in [0.3, 0.4) is 0 Å². The van der Waals surface area contributed by atoms with Crippen molar-refractivity contribution < 1.29 is 23.7 Å². The second-order valence-electron chi connectivity index (χ2n) is 5.08. The molecule has 23 heavy (non-hydrogen) atoms. The number of methoxy groups -OCH3 is 3. The highest BCUT2D eigenvalue weighted by atomic mass is 16.7. The Balaban J connectivity index is 2.77. The van der Waals surface area contributed by atoms with E-state index >= 15 is 0 Å². The molecule has 0 unspecified atom stereocenters. The van der Waals surface area contributed by atoms with E-state index in [9.17, 15) is 4.79 Å². The Bertz CT molecular complexity index is 693. The molecule has 0 spiro atoms. The summed E-state index contributed by atoms with van der Waals surface area (Å²) in [6, 6.07) is 7.59. The second-order valence-corrected chi connectivity index (χ2v) is 5.08. The molecule has 0 aliphatic rings. The molecule has 0 bridgehead atoms. The Morgan fingerprint density at radius 3 is 2.09 bits per heavy atom. The Kier molecular flexibility index (Phi) is 5.68. The fourth-order valence-electron chi connectivity index (χ4n) is 2.64. The smallest absolute Gasteiger partial charge is 0.492 e. The van der Waals surface area contributed by atoms with Crippen molar-refractivity contribution >= 4 is 16.9 Å². The molecule has 5 nitrogen and oxygen atoms in total. The van der Waals surface area contributed by atoms with E-state index < -0.39 is 6.16 Å². The first kappa shape index (κ1) is 16.9. The molecular weight excluding hydrogens is 296 g/mol. The highest BCUT2D eigenvalue weighted by Crippen LogP contribution is 2.46. The van der Waals surface area contributed by atoms with Crippen LogP contribution in [0.2, 0.25) is 0 Å². The molecule has 0 amide bonds. The molecule has 0 radical (unpaired) electrons. The number of unbranched alkanes of at least 4 members (excludes halogenated alkanes) is 1. The molecule has 5 heteroatoms. The van der Waals surface area contributed by atoms with Gasteiger partial charge in [0.1, 0.15) is 5.75 Å². The molecule has 0 N–H and O–H groups in total. The molecule has 0 saturated carbocycles. The highest BCUT2D eigenvalue weighted by Gasteiger charge is 2.23. The minimum atomic E-state index is -0.750. The maximum atomic E-state index is 11.7. The van der Waals surface area contributed by atoms with Gasteiger partial charge in [-0.25, -0.2) is 4.79 Å². The van der Waals surface area contributed by atoms with Gasteiger partial charge in [-0.2, -0.15) is 0 Å². The van der Waals surface area contributed by atoms with Crippen LogP contribution in [0.15, 0.2) is 24.3 Å². The zero-order valence-electron chi connectivity index (χ0n) is 14.0. The van der Waals surface area contributed by atoms with Gasteiger partial charge in [0, 0.05) is 16.3 Å². The van der Waals surface area contributed by atoms with Crippen LogP contribution in [0.5, 0.6) is 17.2 Å². The van der Waals surface area contributed by atoms with Crippen LogP contribution in [0.25, 0.3) is 10.8 Å². The first-order chi connectivity index (χ1) is 11.2. The highest BCUT2D eigenvalue weighted by molar-refractivity contribution is 5.98. The summed E-state index contributed by atoms with van der Waals surface area (Å²) in [5.74, 6) is 1.71. The number of carbonyl (C=O) groups is 1. The van der Waals surface area contributed by atoms with Gasteiger partial charge in [0.05, 0.1) is 21.3 Å². The number of rotatable bonds is 6. The van der Waals surface area contributed by atoms with Crippen molar-refractivity contribution in [2.75, 3.05) is 21.3 Å². The topological polar surface area (TPSA) is 54.0 Å². The second kappa shape index (κ2) is 7.72. The Labute approximate surface area is 136 Å². The van der Waals surface area contributed by atoms with Gasteiger partial charge in [0.15, 0.2) is 11.5 Å². The van der Waals surface area contributed by atoms with Gasteiger partial charge in [-0.1, -0.05) is 37.6 Å². The summed E-state index contributed by atoms with van der Waals surface area (Å²) in [5.41, 5.74) is 0.815. The lowest BCUT2D eigenvalue weighted by atomic mass is 9.99. The van der Waals surface area contributed by atoms with Gasteiger partial charge in [-0.15, -0.1) is 0 Å². The first-order valence-electron chi connectivity index (χ1n) is 7.59. The van der Waals surface area contributed by atoms with Crippen LogP contribution in [-0.4, -0.2) is 27.5 Å². The number of hydrogen-bond acceptors (Lipinski definition) is 5. The summed E-state index contributed by atoms with van der Waals surface area (Å²) in [6.07, 6.45) is 1.92. The number of fused-ring (bicyclic) bond motifs is 1. The van der Waals surface area contributed by atoms with E-state index in [1.807, 2.05) is 24.3 Å². The lowest BCUT2D eigenvalue weighted by Crippen LogP contribution is -2.11. The van der Waals surface area contributed by atoms with E-state index in [-0.39, 0.29) is 0 Å². The Hall–Kier alpha value is -2.43. The van der Waals surface area contributed by atoms with E-state index in [2.05, 4.69) is 11.7 Å². The number of carbonyl (C=O) groups excluding carboxylic acids is 1. The average molecular weight is 318 g/mol. The summed E-state index contributed by atoms with van der Waals surface area (Å²) >= 11 is 0. The summed E-state index contributed by atoms with van der Waals surface area (Å²) in [7, 11) is 4.48. The Morgan fingerprint density at radius 1 is 0.957 bits per heavy atom. The van der Waals surface area contributed by atoms with Gasteiger partial charge in [-0.3, -0.25) is 0 Å². The monoisotopic (exact) mass is 318 g/mol. The minimum Gasteiger partial charge on any atom is -0.492 e. The van der Waals surface area contributed by atoms with Crippen molar-refractivity contribution in [2.24, 2.45) is 0 Å². The fraction of sp³-hybridized carbons (Fsp3) is 0.389. The van der Waals surface area contributed by atoms with Gasteiger partial charge in [0.2, 0.25) is 0 Å². The minimum absolute atomic E-state index is 0.471. The third-order valence-corrected chi connectivity index (χ3v) is 3.71. The van der Waals surface area contributed by atoms with Crippen molar-refractivity contribution in [1.29, 1.82) is 0 Å². The van der Waals surface area contributed by atoms with Gasteiger partial charge >= 0.3 is 6.16 Å². The maximum absolute atomic E-state index is 11.7. The van der Waals surface area contributed by atoms with E-state index in [0.717, 1.165) is 29.2 Å². The normalized spacial score (nSPS) is 10.4. The molecular formula is C18H22O5. The molecule has 124 valence electrons. The van der Waals surface area contributed by atoms with Crippen LogP contribution >= 0.6 is 0 Å². The molecule has 2 rings (SSSR count). The van der Waals surface area contributed by atoms with E-state index in [4.69, 9.17) is 14.2 Å². The lowest BCUT2D eigenvalue weighted by molar-refractivity contribution is 0.121. The van der Waals surface area contributed by atoms with Gasteiger partial charge in [-0.05, 0) is 12.8 Å². The molecule has 0 aliphatic carbocycles. The predicted octanol–water partition coefficient (Wildman–Crippen LogP) is 4.34. The van der Waals surface area contributed by atoms with Crippen molar-refractivity contribution in [1.82, 2.24) is 0 Å².